The van der Waals surface area contributed by atoms with Gasteiger partial charge in [-0.15, -0.1) is 0 Å². The molecule has 3 aromatic heterocycles. The molecule has 41 heavy (non-hydrogen) atoms. The quantitative estimate of drug-likeness (QED) is 0.302. The van der Waals surface area contributed by atoms with Gasteiger partial charge in [0.1, 0.15) is 22.9 Å². The number of imidazole rings is 1. The highest BCUT2D eigenvalue weighted by Gasteiger charge is 2.25. The Balaban J connectivity index is 1.26. The number of nitrogens with zero attached hydrogens (tertiary/aromatic N) is 7. The van der Waals surface area contributed by atoms with Gasteiger partial charge in [-0.3, -0.25) is 4.90 Å². The average Bonchev–Trinajstić information content (AvgIpc) is 3.29. The normalized spacial score (nSPS) is 19.6. The number of pyridine rings is 1. The van der Waals surface area contributed by atoms with Crippen molar-refractivity contribution in [3.05, 3.63) is 59.2 Å². The molecule has 10 heteroatoms. The minimum atomic E-state index is -0.611. The molecular formula is C31H38F2N8. The summed E-state index contributed by atoms with van der Waals surface area (Å²) in [4.78, 5) is 22.6. The van der Waals surface area contributed by atoms with Crippen LogP contribution in [0.5, 0.6) is 0 Å². The van der Waals surface area contributed by atoms with E-state index in [0.29, 0.717) is 28.3 Å². The summed E-state index contributed by atoms with van der Waals surface area (Å²) in [5.41, 5.74) is 3.66. The van der Waals surface area contributed by atoms with Gasteiger partial charge in [-0.25, -0.2) is 28.7 Å². The molecule has 1 aromatic carbocycles. The fraction of sp³-hybridized carbons (Fsp3) is 0.484. The molecule has 0 amide bonds. The van der Waals surface area contributed by atoms with Crippen molar-refractivity contribution in [2.24, 2.45) is 5.92 Å². The standard InChI is InChI=1S/C31H38F2N8/c1-19-5-8-23(9-6-19)41-20(2)35-30-24(32)15-22(16-27(30)41)29-25(33)17-34-31(38-29)37-28-10-7-21-18-40(14-13-39(3)4)12-11-26(21)36-28/h7,10,15-17,19,23H,5-6,8-9,11-14,18H2,1-4H3,(H,34,36,37,38). The summed E-state index contributed by atoms with van der Waals surface area (Å²) >= 11 is 0. The highest BCUT2D eigenvalue weighted by atomic mass is 19.1. The summed E-state index contributed by atoms with van der Waals surface area (Å²) < 4.78 is 32.5. The zero-order valence-corrected chi connectivity index (χ0v) is 24.3. The monoisotopic (exact) mass is 560 g/mol. The number of aromatic nitrogens is 5. The van der Waals surface area contributed by atoms with Crippen molar-refractivity contribution in [3.8, 4) is 11.3 Å². The van der Waals surface area contributed by atoms with E-state index in [0.717, 1.165) is 76.0 Å². The molecular weight excluding hydrogens is 522 g/mol. The Morgan fingerprint density at radius 2 is 1.83 bits per heavy atom. The number of benzene rings is 1. The Hall–Kier alpha value is -3.50. The van der Waals surface area contributed by atoms with Crippen molar-refractivity contribution in [2.75, 3.05) is 39.0 Å². The average molecular weight is 561 g/mol. The van der Waals surface area contributed by atoms with Crippen molar-refractivity contribution >= 4 is 22.8 Å². The summed E-state index contributed by atoms with van der Waals surface area (Å²) in [6.45, 7) is 8.06. The van der Waals surface area contributed by atoms with Gasteiger partial charge in [0.05, 0.1) is 11.7 Å². The first kappa shape index (κ1) is 27.7. The van der Waals surface area contributed by atoms with Gasteiger partial charge >= 0.3 is 0 Å². The van der Waals surface area contributed by atoms with E-state index in [1.807, 2.05) is 19.1 Å². The van der Waals surface area contributed by atoms with E-state index in [2.05, 4.69) is 61.7 Å². The van der Waals surface area contributed by atoms with Gasteiger partial charge in [-0.2, -0.15) is 0 Å². The predicted octanol–water partition coefficient (Wildman–Crippen LogP) is 5.89. The molecule has 2 aliphatic rings. The van der Waals surface area contributed by atoms with Gasteiger partial charge in [-0.1, -0.05) is 13.0 Å². The lowest BCUT2D eigenvalue weighted by Crippen LogP contribution is -2.36. The van der Waals surface area contributed by atoms with Gasteiger partial charge < -0.3 is 14.8 Å². The minimum absolute atomic E-state index is 0.0421. The van der Waals surface area contributed by atoms with Gasteiger partial charge in [0.2, 0.25) is 5.95 Å². The first-order valence-electron chi connectivity index (χ1n) is 14.6. The number of anilines is 2. The maximum absolute atomic E-state index is 15.3. The molecule has 4 heterocycles. The first-order chi connectivity index (χ1) is 19.7. The number of rotatable bonds is 7. The van der Waals surface area contributed by atoms with Gasteiger partial charge in [0.15, 0.2) is 11.6 Å². The lowest BCUT2D eigenvalue weighted by atomic mass is 9.87. The van der Waals surface area contributed by atoms with Crippen LogP contribution in [0, 0.1) is 24.5 Å². The zero-order chi connectivity index (χ0) is 28.7. The number of hydrogen-bond acceptors (Lipinski definition) is 7. The van der Waals surface area contributed by atoms with Crippen molar-refractivity contribution in [1.29, 1.82) is 0 Å². The maximum Gasteiger partial charge on any atom is 0.229 e. The molecule has 4 aromatic rings. The molecule has 0 radical (unpaired) electrons. The molecule has 1 N–H and O–H groups in total. The molecule has 0 saturated heterocycles. The molecule has 1 aliphatic carbocycles. The van der Waals surface area contributed by atoms with Crippen LogP contribution in [-0.2, 0) is 13.0 Å². The van der Waals surface area contributed by atoms with Crippen LogP contribution in [-0.4, -0.2) is 68.0 Å². The number of fused-ring (bicyclic) bond motifs is 2. The number of hydrogen-bond donors (Lipinski definition) is 1. The molecule has 0 spiro atoms. The van der Waals surface area contributed by atoms with Gasteiger partial charge in [0.25, 0.3) is 0 Å². The third-order valence-electron chi connectivity index (χ3n) is 8.52. The van der Waals surface area contributed by atoms with E-state index in [-0.39, 0.29) is 17.7 Å². The van der Waals surface area contributed by atoms with E-state index in [4.69, 9.17) is 4.98 Å². The molecule has 216 valence electrons. The minimum Gasteiger partial charge on any atom is -0.325 e. The largest absolute Gasteiger partial charge is 0.325 e. The molecule has 1 fully saturated rings. The Morgan fingerprint density at radius 3 is 2.61 bits per heavy atom. The van der Waals surface area contributed by atoms with Crippen LogP contribution < -0.4 is 5.32 Å². The first-order valence-corrected chi connectivity index (χ1v) is 14.6. The zero-order valence-electron chi connectivity index (χ0n) is 24.3. The van der Waals surface area contributed by atoms with Crippen molar-refractivity contribution in [2.45, 2.75) is 58.5 Å². The van der Waals surface area contributed by atoms with E-state index in [9.17, 15) is 0 Å². The second kappa shape index (κ2) is 11.4. The topological polar surface area (TPSA) is 75.0 Å². The lowest BCUT2D eigenvalue weighted by Gasteiger charge is -2.29. The van der Waals surface area contributed by atoms with Crippen molar-refractivity contribution < 1.29 is 8.78 Å². The van der Waals surface area contributed by atoms with E-state index in [1.54, 1.807) is 0 Å². The Labute approximate surface area is 239 Å². The maximum atomic E-state index is 15.3. The van der Waals surface area contributed by atoms with E-state index >= 15 is 8.78 Å². The number of nitrogens with one attached hydrogen (secondary N) is 1. The highest BCUT2D eigenvalue weighted by Crippen LogP contribution is 2.37. The summed E-state index contributed by atoms with van der Waals surface area (Å²) in [6.07, 6.45) is 6.30. The molecule has 6 rings (SSSR count). The molecule has 1 saturated carbocycles. The van der Waals surface area contributed by atoms with Gasteiger partial charge in [0, 0.05) is 49.9 Å². The number of aryl methyl sites for hydroxylation is 1. The van der Waals surface area contributed by atoms with Crippen LogP contribution in [0.3, 0.4) is 0 Å². The van der Waals surface area contributed by atoms with Crippen LogP contribution >= 0.6 is 0 Å². The third-order valence-corrected chi connectivity index (χ3v) is 8.52. The summed E-state index contributed by atoms with van der Waals surface area (Å²) in [7, 11) is 4.17. The number of likely N-dealkylation sites (N-methyl/N-ethyl adjacent to an activating group) is 1. The SMILES string of the molecule is Cc1nc2c(F)cc(-c3nc(Nc4ccc5c(n4)CCN(CCN(C)C)C5)ncc3F)cc2n1C1CCC(C)CC1. The van der Waals surface area contributed by atoms with E-state index < -0.39 is 11.6 Å². The Morgan fingerprint density at radius 1 is 1.02 bits per heavy atom. The fourth-order valence-electron chi connectivity index (χ4n) is 6.19. The van der Waals surface area contributed by atoms with Crippen molar-refractivity contribution in [1.82, 2.24) is 34.3 Å². The Bertz CT molecular complexity index is 1560. The fourth-order valence-corrected chi connectivity index (χ4v) is 6.19. The molecule has 1 aliphatic heterocycles. The van der Waals surface area contributed by atoms with Gasteiger partial charge in [-0.05, 0) is 76.4 Å². The summed E-state index contributed by atoms with van der Waals surface area (Å²) in [6, 6.07) is 7.36. The van der Waals surface area contributed by atoms with E-state index in [1.165, 1.54) is 11.6 Å². The van der Waals surface area contributed by atoms with Crippen molar-refractivity contribution in [3.63, 3.8) is 0 Å². The summed E-state index contributed by atoms with van der Waals surface area (Å²) in [5.74, 6) is 1.20. The van der Waals surface area contributed by atoms with Crippen LogP contribution in [0.2, 0.25) is 0 Å². The van der Waals surface area contributed by atoms with Crippen LogP contribution in [0.25, 0.3) is 22.3 Å². The van der Waals surface area contributed by atoms with Crippen LogP contribution in [0.15, 0.2) is 30.5 Å². The molecule has 0 atom stereocenters. The highest BCUT2D eigenvalue weighted by molar-refractivity contribution is 5.83. The third kappa shape index (κ3) is 5.81. The predicted molar refractivity (Wildman–Crippen MR) is 157 cm³/mol. The smallest absolute Gasteiger partial charge is 0.229 e. The Kier molecular flexibility index (Phi) is 7.70. The molecule has 0 unspecified atom stereocenters. The second-order valence-electron chi connectivity index (χ2n) is 11.9. The molecule has 8 nitrogen and oxygen atoms in total. The second-order valence-corrected chi connectivity index (χ2v) is 11.9. The molecule has 0 bridgehead atoms. The van der Waals surface area contributed by atoms with Crippen LogP contribution in [0.4, 0.5) is 20.5 Å². The number of halogens is 2. The lowest BCUT2D eigenvalue weighted by molar-refractivity contribution is 0.224. The summed E-state index contributed by atoms with van der Waals surface area (Å²) in [5, 5.41) is 3.13. The van der Waals surface area contributed by atoms with Crippen LogP contribution in [0.1, 0.15) is 55.7 Å².